The number of rotatable bonds is 7. The lowest BCUT2D eigenvalue weighted by Gasteiger charge is -2.12. The molecule has 0 aliphatic carbocycles. The molecular weight excluding hydrogens is 317 g/mol. The van der Waals surface area contributed by atoms with E-state index >= 15 is 0 Å². The predicted octanol–water partition coefficient (Wildman–Crippen LogP) is 5.46. The number of hydrogen-bond donors (Lipinski definition) is 1. The Labute approximate surface area is 142 Å². The van der Waals surface area contributed by atoms with Crippen molar-refractivity contribution in [2.24, 2.45) is 0 Å². The maximum absolute atomic E-state index is 6.01. The van der Waals surface area contributed by atoms with Gasteiger partial charge in [-0.25, -0.2) is 0 Å². The van der Waals surface area contributed by atoms with Crippen molar-refractivity contribution in [3.05, 3.63) is 63.6 Å². The first-order valence-electron chi connectivity index (χ1n) is 7.47. The van der Waals surface area contributed by atoms with Crippen LogP contribution in [0.1, 0.15) is 31.4 Å². The van der Waals surface area contributed by atoms with Crippen LogP contribution < -0.4 is 10.1 Å². The van der Waals surface area contributed by atoms with E-state index in [9.17, 15) is 0 Å². The first-order valence-corrected chi connectivity index (χ1v) is 8.23. The van der Waals surface area contributed by atoms with Gasteiger partial charge in [0, 0.05) is 12.6 Å². The molecule has 118 valence electrons. The number of benzene rings is 2. The highest BCUT2D eigenvalue weighted by Gasteiger charge is 2.03. The highest BCUT2D eigenvalue weighted by atomic mass is 35.5. The molecule has 2 rings (SSSR count). The van der Waals surface area contributed by atoms with Gasteiger partial charge >= 0.3 is 0 Å². The molecule has 0 aliphatic rings. The van der Waals surface area contributed by atoms with Gasteiger partial charge in [-0.05, 0) is 48.7 Å². The summed E-state index contributed by atoms with van der Waals surface area (Å²) in [6.45, 7) is 5.68. The highest BCUT2D eigenvalue weighted by molar-refractivity contribution is 6.42. The quantitative estimate of drug-likeness (QED) is 0.724. The van der Waals surface area contributed by atoms with E-state index in [1.54, 1.807) is 6.07 Å². The predicted molar refractivity (Wildman–Crippen MR) is 93.8 cm³/mol. The van der Waals surface area contributed by atoms with Crippen molar-refractivity contribution in [1.82, 2.24) is 5.32 Å². The minimum absolute atomic E-state index is 0.471. The van der Waals surface area contributed by atoms with E-state index in [4.69, 9.17) is 27.9 Å². The molecule has 0 heterocycles. The maximum atomic E-state index is 6.01. The first kappa shape index (κ1) is 17.1. The summed E-state index contributed by atoms with van der Waals surface area (Å²) in [6.07, 6.45) is 1.12. The average molecular weight is 338 g/mol. The van der Waals surface area contributed by atoms with Crippen LogP contribution in [-0.4, -0.2) is 6.04 Å². The molecule has 0 aromatic heterocycles. The smallest absolute Gasteiger partial charge is 0.120 e. The van der Waals surface area contributed by atoms with Gasteiger partial charge in [0.15, 0.2) is 0 Å². The Bertz CT molecular complexity index is 616. The van der Waals surface area contributed by atoms with Gasteiger partial charge in [0.1, 0.15) is 12.4 Å². The van der Waals surface area contributed by atoms with E-state index < -0.39 is 0 Å². The summed E-state index contributed by atoms with van der Waals surface area (Å²) < 4.78 is 5.83. The Kier molecular flexibility index (Phi) is 6.56. The minimum atomic E-state index is 0.471. The summed E-state index contributed by atoms with van der Waals surface area (Å²) in [7, 11) is 0. The van der Waals surface area contributed by atoms with E-state index in [0.717, 1.165) is 24.3 Å². The molecule has 2 aromatic carbocycles. The fourth-order valence-corrected chi connectivity index (χ4v) is 2.30. The lowest BCUT2D eigenvalue weighted by molar-refractivity contribution is 0.306. The van der Waals surface area contributed by atoms with E-state index in [1.165, 1.54) is 5.56 Å². The second-order valence-corrected chi connectivity index (χ2v) is 6.19. The molecular formula is C18H21Cl2NO. The van der Waals surface area contributed by atoms with E-state index in [2.05, 4.69) is 31.3 Å². The number of ether oxygens (including phenoxy) is 1. The molecule has 0 radical (unpaired) electrons. The second kappa shape index (κ2) is 8.42. The largest absolute Gasteiger partial charge is 0.489 e. The Morgan fingerprint density at radius 3 is 2.59 bits per heavy atom. The van der Waals surface area contributed by atoms with Crippen molar-refractivity contribution >= 4 is 23.2 Å². The summed E-state index contributed by atoms with van der Waals surface area (Å²) in [4.78, 5) is 0. The lowest BCUT2D eigenvalue weighted by Crippen LogP contribution is -2.24. The monoisotopic (exact) mass is 337 g/mol. The van der Waals surface area contributed by atoms with Gasteiger partial charge in [-0.1, -0.05) is 48.3 Å². The fraction of sp³-hybridized carbons (Fsp3) is 0.333. The van der Waals surface area contributed by atoms with Crippen LogP contribution >= 0.6 is 23.2 Å². The Morgan fingerprint density at radius 1 is 1.05 bits per heavy atom. The molecule has 0 aliphatic heterocycles. The minimum Gasteiger partial charge on any atom is -0.489 e. The molecule has 2 nitrogen and oxygen atoms in total. The van der Waals surface area contributed by atoms with Gasteiger partial charge in [0.2, 0.25) is 0 Å². The van der Waals surface area contributed by atoms with Crippen molar-refractivity contribution < 1.29 is 4.74 Å². The van der Waals surface area contributed by atoms with Gasteiger partial charge in [0.05, 0.1) is 10.0 Å². The van der Waals surface area contributed by atoms with Gasteiger partial charge in [-0.15, -0.1) is 0 Å². The van der Waals surface area contributed by atoms with Crippen molar-refractivity contribution in [2.45, 2.75) is 39.5 Å². The summed E-state index contributed by atoms with van der Waals surface area (Å²) >= 11 is 11.9. The molecule has 0 spiro atoms. The molecule has 0 saturated heterocycles. The van der Waals surface area contributed by atoms with Crippen LogP contribution in [0.15, 0.2) is 42.5 Å². The van der Waals surface area contributed by atoms with Gasteiger partial charge in [-0.3, -0.25) is 0 Å². The normalized spacial score (nSPS) is 12.2. The van der Waals surface area contributed by atoms with E-state index in [1.807, 2.05) is 24.3 Å². The van der Waals surface area contributed by atoms with Gasteiger partial charge in [0.25, 0.3) is 0 Å². The van der Waals surface area contributed by atoms with Crippen LogP contribution in [0.25, 0.3) is 0 Å². The zero-order chi connectivity index (χ0) is 15.9. The first-order chi connectivity index (χ1) is 10.6. The average Bonchev–Trinajstić information content (AvgIpc) is 2.54. The van der Waals surface area contributed by atoms with E-state index in [-0.39, 0.29) is 0 Å². The van der Waals surface area contributed by atoms with Crippen molar-refractivity contribution in [3.8, 4) is 5.75 Å². The molecule has 2 aromatic rings. The van der Waals surface area contributed by atoms with E-state index in [0.29, 0.717) is 22.7 Å². The molecule has 0 saturated carbocycles. The molecule has 22 heavy (non-hydrogen) atoms. The zero-order valence-corrected chi connectivity index (χ0v) is 14.4. The van der Waals surface area contributed by atoms with Crippen LogP contribution in [0, 0.1) is 0 Å². The second-order valence-electron chi connectivity index (χ2n) is 5.37. The van der Waals surface area contributed by atoms with Gasteiger partial charge in [-0.2, -0.15) is 0 Å². The Morgan fingerprint density at radius 2 is 1.86 bits per heavy atom. The molecule has 1 N–H and O–H groups in total. The lowest BCUT2D eigenvalue weighted by atomic mass is 10.2. The molecule has 0 amide bonds. The van der Waals surface area contributed by atoms with Crippen LogP contribution in [0.5, 0.6) is 5.75 Å². The maximum Gasteiger partial charge on any atom is 0.120 e. The standard InChI is InChI=1S/C18H21Cl2NO/c1-3-13(2)21-11-14-5-4-6-16(9-14)22-12-15-7-8-17(19)18(20)10-15/h4-10,13,21H,3,11-12H2,1-2H3. The SMILES string of the molecule is CCC(C)NCc1cccc(OCc2ccc(Cl)c(Cl)c2)c1. The van der Waals surface area contributed by atoms with Crippen LogP contribution in [0.3, 0.4) is 0 Å². The third kappa shape index (κ3) is 5.20. The Balaban J connectivity index is 1.93. The van der Waals surface area contributed by atoms with Crippen LogP contribution in [0.4, 0.5) is 0 Å². The third-order valence-electron chi connectivity index (χ3n) is 3.55. The zero-order valence-electron chi connectivity index (χ0n) is 12.9. The molecule has 0 fully saturated rings. The fourth-order valence-electron chi connectivity index (χ4n) is 1.98. The summed E-state index contributed by atoms with van der Waals surface area (Å²) in [5.74, 6) is 0.856. The molecule has 0 bridgehead atoms. The van der Waals surface area contributed by atoms with Crippen LogP contribution in [0.2, 0.25) is 10.0 Å². The molecule has 1 atom stereocenters. The summed E-state index contributed by atoms with van der Waals surface area (Å²) in [5.41, 5.74) is 2.21. The molecule has 1 unspecified atom stereocenters. The molecule has 4 heteroatoms. The summed E-state index contributed by atoms with van der Waals surface area (Å²) in [6, 6.07) is 14.2. The highest BCUT2D eigenvalue weighted by Crippen LogP contribution is 2.23. The number of hydrogen-bond acceptors (Lipinski definition) is 2. The Hall–Kier alpha value is -1.22. The van der Waals surface area contributed by atoms with Crippen molar-refractivity contribution in [3.63, 3.8) is 0 Å². The topological polar surface area (TPSA) is 21.3 Å². The van der Waals surface area contributed by atoms with Crippen LogP contribution in [-0.2, 0) is 13.2 Å². The van der Waals surface area contributed by atoms with Gasteiger partial charge < -0.3 is 10.1 Å². The third-order valence-corrected chi connectivity index (χ3v) is 4.29. The number of nitrogens with one attached hydrogen (secondary N) is 1. The van der Waals surface area contributed by atoms with Crippen molar-refractivity contribution in [2.75, 3.05) is 0 Å². The van der Waals surface area contributed by atoms with Crippen molar-refractivity contribution in [1.29, 1.82) is 0 Å². The number of halogens is 2. The summed E-state index contributed by atoms with van der Waals surface area (Å²) in [5, 5.41) is 4.58.